The highest BCUT2D eigenvalue weighted by molar-refractivity contribution is 5.89. The molecule has 0 atom stereocenters. The predicted molar refractivity (Wildman–Crippen MR) is 45.2 cm³/mol. The Morgan fingerprint density at radius 2 is 2.07 bits per heavy atom. The normalized spacial score (nSPS) is 9.71. The molecule has 0 fully saturated rings. The molecule has 1 aromatic carbocycles. The summed E-state index contributed by atoms with van der Waals surface area (Å²) in [5.74, 6) is -0.502. The number of rotatable bonds is 2. The maximum Gasteiger partial charge on any atom is 0.365 e. The molecule has 1 aromatic heterocycles. The van der Waals surface area contributed by atoms with E-state index in [1.54, 1.807) is 24.3 Å². The van der Waals surface area contributed by atoms with E-state index in [-0.39, 0.29) is 0 Å². The smallest absolute Gasteiger partial charge is 0.311 e. The summed E-state index contributed by atoms with van der Waals surface area (Å²) in [5, 5.41) is 10.0. The molecule has 2 rings (SSSR count). The molecule has 0 saturated heterocycles. The van der Waals surface area contributed by atoms with Crippen LogP contribution in [-0.2, 0) is 0 Å². The van der Waals surface area contributed by atoms with Crippen LogP contribution in [-0.4, -0.2) is 26.3 Å². The van der Waals surface area contributed by atoms with Crippen LogP contribution in [0.1, 0.15) is 10.4 Å². The molecular weight excluding hydrogens is 184 g/mol. The second-order valence-electron chi connectivity index (χ2n) is 2.46. The van der Waals surface area contributed by atoms with Gasteiger partial charge in [0.1, 0.15) is 0 Å². The van der Waals surface area contributed by atoms with Crippen molar-refractivity contribution in [1.29, 1.82) is 0 Å². The maximum absolute atomic E-state index is 11.4. The fourth-order valence-corrected chi connectivity index (χ4v) is 0.907. The molecule has 2 aromatic rings. The standard InChI is InChI=1S/C8H6N4O2/c13-8(7-4-2-1-3-5-7)14-12-6-9-10-11-12/h1-6H. The molecule has 1 heterocycles. The number of tetrazole rings is 1. The SMILES string of the molecule is O=C(On1cnnn1)c1ccccc1. The highest BCUT2D eigenvalue weighted by Crippen LogP contribution is 1.98. The lowest BCUT2D eigenvalue weighted by atomic mass is 10.2. The van der Waals surface area contributed by atoms with E-state index in [4.69, 9.17) is 4.84 Å². The van der Waals surface area contributed by atoms with Crippen molar-refractivity contribution in [2.24, 2.45) is 0 Å². The number of carbonyl (C=O) groups excluding carboxylic acids is 1. The van der Waals surface area contributed by atoms with Crippen LogP contribution in [0.5, 0.6) is 0 Å². The van der Waals surface area contributed by atoms with Gasteiger partial charge in [-0.2, -0.15) is 0 Å². The van der Waals surface area contributed by atoms with Crippen molar-refractivity contribution >= 4 is 5.97 Å². The monoisotopic (exact) mass is 190 g/mol. The van der Waals surface area contributed by atoms with Gasteiger partial charge >= 0.3 is 5.97 Å². The Hall–Kier alpha value is -2.24. The number of hydrogen-bond donors (Lipinski definition) is 0. The minimum Gasteiger partial charge on any atom is -0.311 e. The Morgan fingerprint density at radius 1 is 1.29 bits per heavy atom. The number of nitrogens with zero attached hydrogens (tertiary/aromatic N) is 4. The van der Waals surface area contributed by atoms with Gasteiger partial charge in [0.05, 0.1) is 5.56 Å². The van der Waals surface area contributed by atoms with E-state index in [2.05, 4.69) is 15.5 Å². The van der Waals surface area contributed by atoms with Crippen LogP contribution in [0.2, 0.25) is 0 Å². The van der Waals surface area contributed by atoms with E-state index in [9.17, 15) is 4.79 Å². The first-order chi connectivity index (χ1) is 6.86. The van der Waals surface area contributed by atoms with Gasteiger partial charge in [-0.05, 0) is 22.6 Å². The summed E-state index contributed by atoms with van der Waals surface area (Å²) >= 11 is 0. The first-order valence-electron chi connectivity index (χ1n) is 3.87. The van der Waals surface area contributed by atoms with Gasteiger partial charge in [0.25, 0.3) is 0 Å². The molecule has 6 nitrogen and oxygen atoms in total. The van der Waals surface area contributed by atoms with Crippen LogP contribution in [0.15, 0.2) is 36.7 Å². The summed E-state index contributed by atoms with van der Waals surface area (Å²) in [4.78, 5) is 17.1. The molecule has 0 aliphatic heterocycles. The highest BCUT2D eigenvalue weighted by atomic mass is 16.7. The Morgan fingerprint density at radius 3 is 2.71 bits per heavy atom. The van der Waals surface area contributed by atoms with Crippen molar-refractivity contribution in [3.8, 4) is 0 Å². The number of aromatic nitrogens is 4. The molecule has 0 radical (unpaired) electrons. The van der Waals surface area contributed by atoms with Crippen LogP contribution in [0.25, 0.3) is 0 Å². The fourth-order valence-electron chi connectivity index (χ4n) is 0.907. The summed E-state index contributed by atoms with van der Waals surface area (Å²) < 4.78 is 0. The molecule has 0 saturated carbocycles. The first kappa shape index (κ1) is 8.36. The van der Waals surface area contributed by atoms with Gasteiger partial charge < -0.3 is 4.84 Å². The van der Waals surface area contributed by atoms with Crippen LogP contribution < -0.4 is 4.84 Å². The molecule has 0 N–H and O–H groups in total. The van der Waals surface area contributed by atoms with Gasteiger partial charge in [-0.3, -0.25) is 0 Å². The Labute approximate surface area is 79.1 Å². The zero-order chi connectivity index (χ0) is 9.80. The molecule has 0 spiro atoms. The first-order valence-corrected chi connectivity index (χ1v) is 3.87. The van der Waals surface area contributed by atoms with Crippen molar-refractivity contribution in [3.05, 3.63) is 42.2 Å². The minimum atomic E-state index is -0.502. The zero-order valence-corrected chi connectivity index (χ0v) is 7.07. The molecule has 0 aliphatic carbocycles. The second-order valence-corrected chi connectivity index (χ2v) is 2.46. The van der Waals surface area contributed by atoms with Crippen molar-refractivity contribution < 1.29 is 9.63 Å². The quantitative estimate of drug-likeness (QED) is 0.620. The van der Waals surface area contributed by atoms with Gasteiger partial charge in [-0.25, -0.2) is 4.79 Å². The molecule has 0 aliphatic rings. The largest absolute Gasteiger partial charge is 0.365 e. The maximum atomic E-state index is 11.4. The van der Waals surface area contributed by atoms with Crippen LogP contribution in [0.3, 0.4) is 0 Å². The minimum absolute atomic E-state index is 0.447. The third kappa shape index (κ3) is 1.74. The van der Waals surface area contributed by atoms with E-state index in [0.29, 0.717) is 5.56 Å². The van der Waals surface area contributed by atoms with Crippen molar-refractivity contribution in [2.45, 2.75) is 0 Å². The molecular formula is C8H6N4O2. The third-order valence-electron chi connectivity index (χ3n) is 1.52. The number of benzene rings is 1. The van der Waals surface area contributed by atoms with Crippen LogP contribution >= 0.6 is 0 Å². The predicted octanol–water partition coefficient (Wildman–Crippen LogP) is -0.0579. The summed E-state index contributed by atoms with van der Waals surface area (Å²) in [6.45, 7) is 0. The third-order valence-corrected chi connectivity index (χ3v) is 1.52. The summed E-state index contributed by atoms with van der Waals surface area (Å²) in [5.41, 5.74) is 0.447. The van der Waals surface area contributed by atoms with Crippen LogP contribution in [0, 0.1) is 0 Å². The zero-order valence-electron chi connectivity index (χ0n) is 7.07. The van der Waals surface area contributed by atoms with Gasteiger partial charge in [-0.15, -0.1) is 5.10 Å². The molecule has 0 amide bonds. The lowest BCUT2D eigenvalue weighted by molar-refractivity contribution is 0.0383. The fraction of sp³-hybridized carbons (Fsp3) is 0. The average molecular weight is 190 g/mol. The van der Waals surface area contributed by atoms with E-state index >= 15 is 0 Å². The van der Waals surface area contributed by atoms with Crippen molar-refractivity contribution in [3.63, 3.8) is 0 Å². The highest BCUT2D eigenvalue weighted by Gasteiger charge is 2.07. The Balaban J connectivity index is 2.11. The summed E-state index contributed by atoms with van der Waals surface area (Å²) in [7, 11) is 0. The number of carbonyl (C=O) groups is 1. The number of hydrogen-bond acceptors (Lipinski definition) is 5. The van der Waals surface area contributed by atoms with Gasteiger partial charge in [-0.1, -0.05) is 23.0 Å². The topological polar surface area (TPSA) is 69.9 Å². The molecule has 0 unspecified atom stereocenters. The molecule has 6 heteroatoms. The van der Waals surface area contributed by atoms with Gasteiger partial charge in [0.2, 0.25) is 0 Å². The van der Waals surface area contributed by atoms with E-state index in [1.807, 2.05) is 6.07 Å². The molecule has 70 valence electrons. The Bertz CT molecular complexity index is 412. The van der Waals surface area contributed by atoms with Gasteiger partial charge in [0, 0.05) is 0 Å². The van der Waals surface area contributed by atoms with E-state index < -0.39 is 5.97 Å². The Kier molecular flexibility index (Phi) is 2.18. The van der Waals surface area contributed by atoms with Crippen molar-refractivity contribution in [2.75, 3.05) is 0 Å². The lowest BCUT2D eigenvalue weighted by Crippen LogP contribution is -2.20. The average Bonchev–Trinajstić information content (AvgIpc) is 2.72. The molecule has 14 heavy (non-hydrogen) atoms. The lowest BCUT2D eigenvalue weighted by Gasteiger charge is -1.99. The van der Waals surface area contributed by atoms with Crippen LogP contribution in [0.4, 0.5) is 0 Å². The van der Waals surface area contributed by atoms with E-state index in [0.717, 1.165) is 4.85 Å². The van der Waals surface area contributed by atoms with Gasteiger partial charge in [0.15, 0.2) is 6.33 Å². The summed E-state index contributed by atoms with van der Waals surface area (Å²) in [6, 6.07) is 8.60. The second kappa shape index (κ2) is 3.65. The summed E-state index contributed by atoms with van der Waals surface area (Å²) in [6.07, 6.45) is 1.20. The van der Waals surface area contributed by atoms with Crippen molar-refractivity contribution in [1.82, 2.24) is 20.4 Å². The molecule has 0 bridgehead atoms. The van der Waals surface area contributed by atoms with E-state index in [1.165, 1.54) is 6.33 Å².